The molecule has 0 saturated heterocycles. The molecule has 0 spiro atoms. The van der Waals surface area contributed by atoms with Crippen LogP contribution in [0.2, 0.25) is 0 Å². The van der Waals surface area contributed by atoms with E-state index >= 15 is 0 Å². The van der Waals surface area contributed by atoms with Crippen LogP contribution >= 0.6 is 0 Å². The zero-order valence-corrected chi connectivity index (χ0v) is 10.1. The van der Waals surface area contributed by atoms with E-state index in [9.17, 15) is 10.1 Å². The monoisotopic (exact) mass is 234 g/mol. The minimum atomic E-state index is -0.385. The molecule has 4 nitrogen and oxygen atoms in total. The van der Waals surface area contributed by atoms with Crippen LogP contribution in [0.4, 0.5) is 5.69 Å². The summed E-state index contributed by atoms with van der Waals surface area (Å²) in [4.78, 5) is 10.1. The molecule has 0 aliphatic rings. The first kappa shape index (κ1) is 13.4. The van der Waals surface area contributed by atoms with Gasteiger partial charge in [-0.05, 0) is 25.3 Å². The lowest BCUT2D eigenvalue weighted by atomic mass is 10.1. The number of benzene rings is 1. The fourth-order valence-corrected chi connectivity index (χ4v) is 1.50. The van der Waals surface area contributed by atoms with Gasteiger partial charge in [0, 0.05) is 24.7 Å². The normalized spacial score (nSPS) is 12.1. The van der Waals surface area contributed by atoms with Gasteiger partial charge in [0.25, 0.3) is 5.69 Å². The van der Waals surface area contributed by atoms with Crippen molar-refractivity contribution in [2.24, 2.45) is 0 Å². The first-order chi connectivity index (χ1) is 8.13. The van der Waals surface area contributed by atoms with Gasteiger partial charge in [-0.1, -0.05) is 18.2 Å². The Kier molecular flexibility index (Phi) is 5.36. The van der Waals surface area contributed by atoms with Crippen molar-refractivity contribution in [3.63, 3.8) is 0 Å². The summed E-state index contributed by atoms with van der Waals surface area (Å²) >= 11 is 0. The first-order valence-corrected chi connectivity index (χ1v) is 5.71. The maximum atomic E-state index is 10.5. The average molecular weight is 234 g/mol. The van der Waals surface area contributed by atoms with E-state index in [1.54, 1.807) is 12.1 Å². The molecule has 92 valence electrons. The smallest absolute Gasteiger partial charge is 0.269 e. The Labute approximate surface area is 101 Å². The predicted octanol–water partition coefficient (Wildman–Crippen LogP) is 3.04. The molecule has 0 aliphatic carbocycles. The van der Waals surface area contributed by atoms with Crippen LogP contribution in [0.5, 0.6) is 0 Å². The molecular weight excluding hydrogens is 216 g/mol. The summed E-state index contributed by atoms with van der Waals surface area (Å²) in [7, 11) is 0. The van der Waals surface area contributed by atoms with E-state index < -0.39 is 0 Å². The third kappa shape index (κ3) is 4.78. The van der Waals surface area contributed by atoms with E-state index in [1.165, 1.54) is 12.1 Å². The highest BCUT2D eigenvalue weighted by Gasteiger charge is 2.04. The summed E-state index contributed by atoms with van der Waals surface area (Å²) < 4.78 is 0. The third-order valence-corrected chi connectivity index (χ3v) is 2.61. The zero-order chi connectivity index (χ0) is 12.7. The topological polar surface area (TPSA) is 55.2 Å². The molecule has 1 N–H and O–H groups in total. The highest BCUT2D eigenvalue weighted by Crippen LogP contribution is 2.12. The second-order valence-electron chi connectivity index (χ2n) is 4.07. The number of rotatable bonds is 7. The van der Waals surface area contributed by atoms with Crippen molar-refractivity contribution in [2.45, 2.75) is 32.4 Å². The molecule has 1 atom stereocenters. The summed E-state index contributed by atoms with van der Waals surface area (Å²) in [5, 5.41) is 13.8. The fourth-order valence-electron chi connectivity index (χ4n) is 1.50. The first-order valence-electron chi connectivity index (χ1n) is 5.71. The van der Waals surface area contributed by atoms with Gasteiger partial charge >= 0.3 is 0 Å². The second kappa shape index (κ2) is 6.81. The van der Waals surface area contributed by atoms with Crippen LogP contribution in [0.1, 0.15) is 25.3 Å². The van der Waals surface area contributed by atoms with Gasteiger partial charge in [0.2, 0.25) is 0 Å². The minimum absolute atomic E-state index is 0.133. The molecule has 0 amide bonds. The number of nitro benzene ring substituents is 1. The number of hydrogen-bond acceptors (Lipinski definition) is 3. The molecule has 0 heterocycles. The van der Waals surface area contributed by atoms with Gasteiger partial charge in [0.1, 0.15) is 0 Å². The SMILES string of the molecule is C=CCCC(C)NCc1ccc([N+](=O)[O-])cc1. The third-order valence-electron chi connectivity index (χ3n) is 2.61. The van der Waals surface area contributed by atoms with Gasteiger partial charge in [-0.2, -0.15) is 0 Å². The van der Waals surface area contributed by atoms with E-state index in [1.807, 2.05) is 6.08 Å². The van der Waals surface area contributed by atoms with Crippen LogP contribution in [0.15, 0.2) is 36.9 Å². The van der Waals surface area contributed by atoms with Crippen molar-refractivity contribution in [3.8, 4) is 0 Å². The number of allylic oxidation sites excluding steroid dienone is 1. The molecule has 0 aliphatic heterocycles. The molecule has 1 aromatic carbocycles. The lowest BCUT2D eigenvalue weighted by Crippen LogP contribution is -2.25. The Bertz CT molecular complexity index is 374. The van der Waals surface area contributed by atoms with Gasteiger partial charge in [-0.3, -0.25) is 10.1 Å². The van der Waals surface area contributed by atoms with Crippen molar-refractivity contribution in [1.82, 2.24) is 5.32 Å². The number of nitrogens with one attached hydrogen (secondary N) is 1. The van der Waals surface area contributed by atoms with Gasteiger partial charge in [-0.25, -0.2) is 0 Å². The molecule has 1 rings (SSSR count). The van der Waals surface area contributed by atoms with E-state index in [4.69, 9.17) is 0 Å². The van der Waals surface area contributed by atoms with Crippen LogP contribution in [-0.2, 0) is 6.54 Å². The number of non-ortho nitro benzene ring substituents is 1. The van der Waals surface area contributed by atoms with Crippen LogP contribution in [0, 0.1) is 10.1 Å². The quantitative estimate of drug-likeness (QED) is 0.448. The number of nitrogens with zero attached hydrogens (tertiary/aromatic N) is 1. The standard InChI is InChI=1S/C13H18N2O2/c1-3-4-5-11(2)14-10-12-6-8-13(9-7-12)15(16)17/h3,6-9,11,14H,1,4-5,10H2,2H3. The molecule has 1 unspecified atom stereocenters. The second-order valence-corrected chi connectivity index (χ2v) is 4.07. The van der Waals surface area contributed by atoms with Crippen molar-refractivity contribution in [1.29, 1.82) is 0 Å². The van der Waals surface area contributed by atoms with Crippen LogP contribution in [0.25, 0.3) is 0 Å². The lowest BCUT2D eigenvalue weighted by molar-refractivity contribution is -0.384. The summed E-state index contributed by atoms with van der Waals surface area (Å²) in [6.45, 7) is 6.54. The van der Waals surface area contributed by atoms with Crippen molar-refractivity contribution in [2.75, 3.05) is 0 Å². The molecule has 0 radical (unpaired) electrons. The van der Waals surface area contributed by atoms with Gasteiger partial charge in [0.15, 0.2) is 0 Å². The predicted molar refractivity (Wildman–Crippen MR) is 68.8 cm³/mol. The van der Waals surface area contributed by atoms with Gasteiger partial charge < -0.3 is 5.32 Å². The maximum absolute atomic E-state index is 10.5. The van der Waals surface area contributed by atoms with E-state index in [-0.39, 0.29) is 10.6 Å². The highest BCUT2D eigenvalue weighted by atomic mass is 16.6. The molecule has 17 heavy (non-hydrogen) atoms. The van der Waals surface area contributed by atoms with E-state index in [0.717, 1.165) is 24.9 Å². The van der Waals surface area contributed by atoms with Crippen molar-refractivity contribution >= 4 is 5.69 Å². The Hall–Kier alpha value is -1.68. The molecule has 1 aromatic rings. The Morgan fingerprint density at radius 2 is 2.12 bits per heavy atom. The van der Waals surface area contributed by atoms with E-state index in [0.29, 0.717) is 6.04 Å². The maximum Gasteiger partial charge on any atom is 0.269 e. The molecule has 0 bridgehead atoms. The summed E-state index contributed by atoms with van der Waals surface area (Å²) in [6, 6.07) is 7.05. The van der Waals surface area contributed by atoms with Crippen molar-refractivity contribution < 1.29 is 4.92 Å². The largest absolute Gasteiger partial charge is 0.310 e. The lowest BCUT2D eigenvalue weighted by Gasteiger charge is -2.12. The zero-order valence-electron chi connectivity index (χ0n) is 10.1. The number of nitro groups is 1. The molecular formula is C13H18N2O2. The van der Waals surface area contributed by atoms with Crippen molar-refractivity contribution in [3.05, 3.63) is 52.6 Å². The molecule has 0 fully saturated rings. The summed E-state index contributed by atoms with van der Waals surface area (Å²) in [5.41, 5.74) is 1.19. The van der Waals surface area contributed by atoms with Crippen LogP contribution < -0.4 is 5.32 Å². The molecule has 0 saturated carbocycles. The summed E-state index contributed by atoms with van der Waals surface area (Å²) in [5.74, 6) is 0. The van der Waals surface area contributed by atoms with Crippen LogP contribution in [0.3, 0.4) is 0 Å². The Balaban J connectivity index is 2.41. The highest BCUT2D eigenvalue weighted by molar-refractivity contribution is 5.32. The average Bonchev–Trinajstić information content (AvgIpc) is 2.34. The van der Waals surface area contributed by atoms with Crippen LogP contribution in [-0.4, -0.2) is 11.0 Å². The minimum Gasteiger partial charge on any atom is -0.310 e. The van der Waals surface area contributed by atoms with E-state index in [2.05, 4.69) is 18.8 Å². The van der Waals surface area contributed by atoms with Gasteiger partial charge in [-0.15, -0.1) is 6.58 Å². The Morgan fingerprint density at radius 1 is 1.47 bits per heavy atom. The molecule has 4 heteroatoms. The number of hydrogen-bond donors (Lipinski definition) is 1. The molecule has 0 aromatic heterocycles. The Morgan fingerprint density at radius 3 is 2.65 bits per heavy atom. The fraction of sp³-hybridized carbons (Fsp3) is 0.385. The van der Waals surface area contributed by atoms with Gasteiger partial charge in [0.05, 0.1) is 4.92 Å². The summed E-state index contributed by atoms with van der Waals surface area (Å²) in [6.07, 6.45) is 3.95.